The van der Waals surface area contributed by atoms with Crippen LogP contribution in [0.1, 0.15) is 21.6 Å². The minimum absolute atomic E-state index is 0.324. The Bertz CT molecular complexity index is 959. The van der Waals surface area contributed by atoms with Crippen molar-refractivity contribution < 1.29 is 14.3 Å². The third-order valence-electron chi connectivity index (χ3n) is 4.12. The Morgan fingerprint density at radius 1 is 1.07 bits per heavy atom. The van der Waals surface area contributed by atoms with Crippen LogP contribution in [0, 0.1) is 6.92 Å². The second-order valence-corrected chi connectivity index (χ2v) is 5.88. The minimum Gasteiger partial charge on any atom is -0.497 e. The lowest BCUT2D eigenvalue weighted by atomic mass is 10.2. The fraction of sp³-hybridized carbons (Fsp3) is 0.143. The first-order valence-corrected chi connectivity index (χ1v) is 8.42. The van der Waals surface area contributed by atoms with Crippen molar-refractivity contribution in [1.29, 1.82) is 0 Å². The number of aromatic nitrogens is 1. The molecule has 0 unspecified atom stereocenters. The van der Waals surface area contributed by atoms with E-state index in [1.54, 1.807) is 31.5 Å². The highest BCUT2D eigenvalue weighted by Gasteiger charge is 2.10. The summed E-state index contributed by atoms with van der Waals surface area (Å²) >= 11 is 0. The van der Waals surface area contributed by atoms with E-state index in [-0.39, 0.29) is 5.91 Å². The molecule has 0 bridgehead atoms. The lowest BCUT2D eigenvalue weighted by Gasteiger charge is -2.06. The third-order valence-corrected chi connectivity index (χ3v) is 4.12. The number of amides is 1. The van der Waals surface area contributed by atoms with E-state index < -0.39 is 0 Å². The summed E-state index contributed by atoms with van der Waals surface area (Å²) in [5.74, 6) is 0.992. The van der Waals surface area contributed by atoms with Gasteiger partial charge in [-0.05, 0) is 49.4 Å². The van der Waals surface area contributed by atoms with Crippen LogP contribution in [0.5, 0.6) is 11.5 Å². The average molecular weight is 363 g/mol. The molecule has 0 saturated carbocycles. The zero-order chi connectivity index (χ0) is 19.2. The standard InChI is InChI=1S/C21H21N3O3/c1-15-12-16(14-24(15)17-8-10-18(26-2)11-9-17)13-22-23-21(25)19-6-4-5-7-20(19)27-3/h4-14H,1-3H3,(H,23,25)/b22-13-. The first-order chi connectivity index (χ1) is 13.1. The van der Waals surface area contributed by atoms with Gasteiger partial charge >= 0.3 is 0 Å². The number of ether oxygens (including phenoxy) is 2. The summed E-state index contributed by atoms with van der Waals surface area (Å²) in [6.07, 6.45) is 3.57. The molecular weight excluding hydrogens is 342 g/mol. The van der Waals surface area contributed by atoms with Gasteiger partial charge in [0.25, 0.3) is 5.91 Å². The van der Waals surface area contributed by atoms with Crippen LogP contribution in [0.2, 0.25) is 0 Å². The number of benzene rings is 2. The van der Waals surface area contributed by atoms with Gasteiger partial charge in [-0.15, -0.1) is 0 Å². The SMILES string of the molecule is COc1ccc(-n2cc(/C=N\NC(=O)c3ccccc3OC)cc2C)cc1. The zero-order valence-corrected chi connectivity index (χ0v) is 15.5. The van der Waals surface area contributed by atoms with Crippen LogP contribution in [-0.2, 0) is 0 Å². The number of para-hydroxylation sites is 1. The summed E-state index contributed by atoms with van der Waals surface area (Å²) in [4.78, 5) is 12.2. The summed E-state index contributed by atoms with van der Waals surface area (Å²) in [6.45, 7) is 2.01. The van der Waals surface area contributed by atoms with Crippen molar-refractivity contribution >= 4 is 12.1 Å². The van der Waals surface area contributed by atoms with Gasteiger partial charge in [-0.25, -0.2) is 5.43 Å². The Labute approximate surface area is 158 Å². The van der Waals surface area contributed by atoms with E-state index in [4.69, 9.17) is 9.47 Å². The lowest BCUT2D eigenvalue weighted by Crippen LogP contribution is -2.18. The van der Waals surface area contributed by atoms with Gasteiger partial charge in [0.1, 0.15) is 11.5 Å². The van der Waals surface area contributed by atoms with Gasteiger partial charge < -0.3 is 14.0 Å². The maximum atomic E-state index is 12.2. The van der Waals surface area contributed by atoms with Crippen molar-refractivity contribution in [2.24, 2.45) is 5.10 Å². The van der Waals surface area contributed by atoms with E-state index in [1.807, 2.05) is 54.1 Å². The first-order valence-electron chi connectivity index (χ1n) is 8.42. The van der Waals surface area contributed by atoms with Crippen LogP contribution in [0.4, 0.5) is 0 Å². The molecule has 1 aromatic heterocycles. The van der Waals surface area contributed by atoms with Gasteiger partial charge in [0.05, 0.1) is 26.0 Å². The van der Waals surface area contributed by atoms with Crippen LogP contribution in [0.3, 0.4) is 0 Å². The van der Waals surface area contributed by atoms with E-state index in [1.165, 1.54) is 7.11 Å². The number of nitrogens with one attached hydrogen (secondary N) is 1. The van der Waals surface area contributed by atoms with Gasteiger partial charge in [-0.2, -0.15) is 5.10 Å². The second kappa shape index (κ2) is 8.23. The molecule has 27 heavy (non-hydrogen) atoms. The molecule has 6 heteroatoms. The molecule has 1 N–H and O–H groups in total. The van der Waals surface area contributed by atoms with E-state index in [0.29, 0.717) is 11.3 Å². The summed E-state index contributed by atoms with van der Waals surface area (Å²) < 4.78 is 12.4. The third kappa shape index (κ3) is 4.17. The van der Waals surface area contributed by atoms with Gasteiger partial charge in [0, 0.05) is 23.1 Å². The Morgan fingerprint density at radius 2 is 1.81 bits per heavy atom. The largest absolute Gasteiger partial charge is 0.497 e. The topological polar surface area (TPSA) is 64.8 Å². The van der Waals surface area contributed by atoms with E-state index >= 15 is 0 Å². The number of hydrogen-bond acceptors (Lipinski definition) is 4. The number of rotatable bonds is 6. The van der Waals surface area contributed by atoms with E-state index in [0.717, 1.165) is 22.7 Å². The van der Waals surface area contributed by atoms with Crippen molar-refractivity contribution in [2.75, 3.05) is 14.2 Å². The van der Waals surface area contributed by atoms with Crippen LogP contribution >= 0.6 is 0 Å². The highest BCUT2D eigenvalue weighted by atomic mass is 16.5. The second-order valence-electron chi connectivity index (χ2n) is 5.88. The number of carbonyl (C=O) groups is 1. The Kier molecular flexibility index (Phi) is 5.56. The quantitative estimate of drug-likeness (QED) is 0.538. The fourth-order valence-corrected chi connectivity index (χ4v) is 2.75. The molecule has 0 aliphatic rings. The Morgan fingerprint density at radius 3 is 2.52 bits per heavy atom. The molecule has 1 amide bonds. The van der Waals surface area contributed by atoms with Crippen molar-refractivity contribution in [1.82, 2.24) is 9.99 Å². The van der Waals surface area contributed by atoms with Crippen LogP contribution in [0.25, 0.3) is 5.69 Å². The van der Waals surface area contributed by atoms with E-state index in [2.05, 4.69) is 10.5 Å². The Hall–Kier alpha value is -3.54. The summed E-state index contributed by atoms with van der Waals surface area (Å²) in [5, 5.41) is 4.06. The maximum Gasteiger partial charge on any atom is 0.275 e. The molecule has 0 aliphatic carbocycles. The molecular formula is C21H21N3O3. The molecule has 3 rings (SSSR count). The predicted molar refractivity (Wildman–Crippen MR) is 105 cm³/mol. The zero-order valence-electron chi connectivity index (χ0n) is 15.5. The van der Waals surface area contributed by atoms with Crippen molar-refractivity contribution in [3.05, 3.63) is 77.6 Å². The van der Waals surface area contributed by atoms with Crippen molar-refractivity contribution in [3.63, 3.8) is 0 Å². The van der Waals surface area contributed by atoms with Crippen molar-refractivity contribution in [2.45, 2.75) is 6.92 Å². The summed E-state index contributed by atoms with van der Waals surface area (Å²) in [5.41, 5.74) is 5.92. The molecule has 0 aliphatic heterocycles. The Balaban J connectivity index is 1.71. The molecule has 3 aromatic rings. The molecule has 0 fully saturated rings. The number of aryl methyl sites for hydroxylation is 1. The monoisotopic (exact) mass is 363 g/mol. The number of hydrogen-bond donors (Lipinski definition) is 1. The maximum absolute atomic E-state index is 12.2. The summed E-state index contributed by atoms with van der Waals surface area (Å²) in [6, 6.07) is 16.8. The first kappa shape index (κ1) is 18.3. The normalized spacial score (nSPS) is 10.8. The number of hydrazone groups is 1. The molecule has 138 valence electrons. The highest BCUT2D eigenvalue weighted by molar-refractivity contribution is 5.97. The lowest BCUT2D eigenvalue weighted by molar-refractivity contribution is 0.0952. The molecule has 1 heterocycles. The number of methoxy groups -OCH3 is 2. The molecule has 0 atom stereocenters. The van der Waals surface area contributed by atoms with Crippen LogP contribution < -0.4 is 14.9 Å². The minimum atomic E-state index is -0.324. The van der Waals surface area contributed by atoms with E-state index in [9.17, 15) is 4.79 Å². The average Bonchev–Trinajstić information content (AvgIpc) is 3.08. The molecule has 0 spiro atoms. The van der Waals surface area contributed by atoms with Crippen LogP contribution in [0.15, 0.2) is 65.9 Å². The molecule has 0 radical (unpaired) electrons. The molecule has 6 nitrogen and oxygen atoms in total. The summed E-state index contributed by atoms with van der Waals surface area (Å²) in [7, 11) is 3.17. The van der Waals surface area contributed by atoms with Crippen LogP contribution in [-0.4, -0.2) is 30.9 Å². The smallest absolute Gasteiger partial charge is 0.275 e. The van der Waals surface area contributed by atoms with Gasteiger partial charge in [-0.3, -0.25) is 4.79 Å². The van der Waals surface area contributed by atoms with Crippen molar-refractivity contribution in [3.8, 4) is 17.2 Å². The van der Waals surface area contributed by atoms with Gasteiger partial charge in [0.2, 0.25) is 0 Å². The number of carbonyl (C=O) groups excluding carboxylic acids is 1. The number of nitrogens with zero attached hydrogens (tertiary/aromatic N) is 2. The molecule has 2 aromatic carbocycles. The van der Waals surface area contributed by atoms with Gasteiger partial charge in [0.15, 0.2) is 0 Å². The highest BCUT2D eigenvalue weighted by Crippen LogP contribution is 2.19. The fourth-order valence-electron chi connectivity index (χ4n) is 2.75. The molecule has 0 saturated heterocycles. The van der Waals surface area contributed by atoms with Gasteiger partial charge in [-0.1, -0.05) is 12.1 Å². The predicted octanol–water partition coefficient (Wildman–Crippen LogP) is 3.57.